The van der Waals surface area contributed by atoms with E-state index < -0.39 is 5.60 Å². The molecule has 1 amide bonds. The lowest BCUT2D eigenvalue weighted by atomic mass is 10.0. The van der Waals surface area contributed by atoms with E-state index in [9.17, 15) is 9.59 Å². The molecule has 1 aromatic heterocycles. The van der Waals surface area contributed by atoms with E-state index in [1.165, 1.54) is 18.6 Å². The van der Waals surface area contributed by atoms with Crippen molar-refractivity contribution in [1.82, 2.24) is 14.9 Å². The zero-order valence-corrected chi connectivity index (χ0v) is 15.2. The first-order valence-electron chi connectivity index (χ1n) is 8.73. The van der Waals surface area contributed by atoms with Crippen molar-refractivity contribution < 1.29 is 19.1 Å². The number of amides is 1. The molecule has 2 rings (SSSR count). The number of hydrogen-bond acceptors (Lipinski definition) is 6. The Kier molecular flexibility index (Phi) is 6.87. The van der Waals surface area contributed by atoms with Gasteiger partial charge in [-0.1, -0.05) is 0 Å². The van der Waals surface area contributed by atoms with Crippen LogP contribution in [-0.4, -0.2) is 58.1 Å². The fourth-order valence-corrected chi connectivity index (χ4v) is 2.76. The number of hydrogen-bond donors (Lipinski definition) is 0. The Hall–Kier alpha value is -2.02. The van der Waals surface area contributed by atoms with Gasteiger partial charge >= 0.3 is 6.09 Å². The maximum Gasteiger partial charge on any atom is 0.410 e. The molecule has 1 aromatic rings. The number of carbonyl (C=O) groups excluding carboxylic acids is 2. The van der Waals surface area contributed by atoms with Crippen LogP contribution in [0.5, 0.6) is 0 Å². The first-order valence-corrected chi connectivity index (χ1v) is 8.73. The minimum atomic E-state index is -0.501. The molecule has 7 heteroatoms. The average Bonchev–Trinajstić information content (AvgIpc) is 2.58. The molecule has 0 saturated carbocycles. The Labute approximate surface area is 148 Å². The fourth-order valence-electron chi connectivity index (χ4n) is 2.76. The van der Waals surface area contributed by atoms with E-state index in [1.807, 2.05) is 20.8 Å². The number of piperidine rings is 1. The van der Waals surface area contributed by atoms with Gasteiger partial charge in [-0.25, -0.2) is 9.78 Å². The second-order valence-electron chi connectivity index (χ2n) is 7.18. The number of Topliss-reactive ketones (excluding diaryl/α,β-unsaturated/α-hetero) is 1. The van der Waals surface area contributed by atoms with Crippen molar-refractivity contribution in [3.05, 3.63) is 24.3 Å². The van der Waals surface area contributed by atoms with Crippen LogP contribution in [0.4, 0.5) is 4.79 Å². The predicted octanol–water partition coefficient (Wildman–Crippen LogP) is 2.86. The number of ketones is 1. The average molecular weight is 349 g/mol. The van der Waals surface area contributed by atoms with Gasteiger partial charge in [0.05, 0.1) is 6.20 Å². The van der Waals surface area contributed by atoms with Crippen LogP contribution in [0, 0.1) is 0 Å². The smallest absolute Gasteiger partial charge is 0.410 e. The van der Waals surface area contributed by atoms with E-state index in [0.717, 1.165) is 19.3 Å². The molecule has 1 saturated heterocycles. The molecule has 2 heterocycles. The number of aromatic nitrogens is 2. The van der Waals surface area contributed by atoms with E-state index in [-0.39, 0.29) is 24.5 Å². The third kappa shape index (κ3) is 6.42. The Morgan fingerprint density at radius 3 is 2.76 bits per heavy atom. The summed E-state index contributed by atoms with van der Waals surface area (Å²) in [5, 5.41) is 0. The minimum Gasteiger partial charge on any atom is -0.444 e. The van der Waals surface area contributed by atoms with Crippen LogP contribution in [0.1, 0.15) is 56.9 Å². The quantitative estimate of drug-likeness (QED) is 0.580. The summed E-state index contributed by atoms with van der Waals surface area (Å²) in [7, 11) is 0. The molecular formula is C18H27N3O4. The van der Waals surface area contributed by atoms with Gasteiger partial charge in [-0.3, -0.25) is 9.78 Å². The van der Waals surface area contributed by atoms with Gasteiger partial charge < -0.3 is 14.4 Å². The molecular weight excluding hydrogens is 322 g/mol. The Bertz CT molecular complexity index is 571. The summed E-state index contributed by atoms with van der Waals surface area (Å²) in [4.78, 5) is 33.9. The van der Waals surface area contributed by atoms with Crippen molar-refractivity contribution in [2.24, 2.45) is 0 Å². The van der Waals surface area contributed by atoms with E-state index in [4.69, 9.17) is 9.47 Å². The van der Waals surface area contributed by atoms with Gasteiger partial charge in [0.2, 0.25) is 5.78 Å². The Morgan fingerprint density at radius 1 is 1.28 bits per heavy atom. The van der Waals surface area contributed by atoms with Crippen molar-refractivity contribution in [2.75, 3.05) is 19.8 Å². The highest BCUT2D eigenvalue weighted by Gasteiger charge is 2.30. The molecule has 0 spiro atoms. The van der Waals surface area contributed by atoms with Gasteiger partial charge in [0.15, 0.2) is 0 Å². The molecule has 0 N–H and O–H groups in total. The van der Waals surface area contributed by atoms with Crippen molar-refractivity contribution >= 4 is 11.9 Å². The molecule has 0 unspecified atom stereocenters. The topological polar surface area (TPSA) is 81.6 Å². The third-order valence-corrected chi connectivity index (χ3v) is 3.93. The van der Waals surface area contributed by atoms with Gasteiger partial charge in [0, 0.05) is 31.6 Å². The van der Waals surface area contributed by atoms with Crippen LogP contribution in [0.25, 0.3) is 0 Å². The van der Waals surface area contributed by atoms with Gasteiger partial charge in [0.1, 0.15) is 17.9 Å². The molecule has 1 atom stereocenters. The van der Waals surface area contributed by atoms with E-state index in [0.29, 0.717) is 25.3 Å². The van der Waals surface area contributed by atoms with Crippen LogP contribution in [0.3, 0.4) is 0 Å². The first kappa shape index (κ1) is 19.3. The summed E-state index contributed by atoms with van der Waals surface area (Å²) < 4.78 is 11.0. The molecule has 1 aliphatic heterocycles. The van der Waals surface area contributed by atoms with Crippen LogP contribution < -0.4 is 0 Å². The highest BCUT2D eigenvalue weighted by Crippen LogP contribution is 2.22. The van der Waals surface area contributed by atoms with Crippen LogP contribution in [0.2, 0.25) is 0 Å². The van der Waals surface area contributed by atoms with E-state index >= 15 is 0 Å². The fraction of sp³-hybridized carbons (Fsp3) is 0.667. The Balaban J connectivity index is 1.77. The number of nitrogens with zero attached hydrogens (tertiary/aromatic N) is 3. The van der Waals surface area contributed by atoms with E-state index in [2.05, 4.69) is 9.97 Å². The van der Waals surface area contributed by atoms with Crippen molar-refractivity contribution in [2.45, 2.75) is 58.1 Å². The van der Waals surface area contributed by atoms with Crippen molar-refractivity contribution in [3.63, 3.8) is 0 Å². The first-order chi connectivity index (χ1) is 11.9. The second-order valence-corrected chi connectivity index (χ2v) is 7.18. The SMILES string of the molecule is CC(C)(C)OC(=O)N1CCCC[C@H]1CCOCC(=O)c1cnccn1. The molecule has 0 radical (unpaired) electrons. The molecule has 7 nitrogen and oxygen atoms in total. The lowest BCUT2D eigenvalue weighted by Gasteiger charge is -2.36. The molecule has 1 fully saturated rings. The minimum absolute atomic E-state index is 0.0299. The zero-order chi connectivity index (χ0) is 18.3. The summed E-state index contributed by atoms with van der Waals surface area (Å²) in [5.74, 6) is -0.194. The van der Waals surface area contributed by atoms with Crippen molar-refractivity contribution in [3.8, 4) is 0 Å². The van der Waals surface area contributed by atoms with Crippen molar-refractivity contribution in [1.29, 1.82) is 0 Å². The van der Waals surface area contributed by atoms with Crippen LogP contribution >= 0.6 is 0 Å². The normalized spacial score (nSPS) is 18.0. The second kappa shape index (κ2) is 8.89. The van der Waals surface area contributed by atoms with Crippen LogP contribution in [-0.2, 0) is 9.47 Å². The van der Waals surface area contributed by atoms with E-state index in [1.54, 1.807) is 4.90 Å². The summed E-state index contributed by atoms with van der Waals surface area (Å²) in [6.45, 7) is 6.69. The lowest BCUT2D eigenvalue weighted by Crippen LogP contribution is -2.46. The third-order valence-electron chi connectivity index (χ3n) is 3.93. The van der Waals surface area contributed by atoms with Crippen LogP contribution in [0.15, 0.2) is 18.6 Å². The monoisotopic (exact) mass is 349 g/mol. The number of carbonyl (C=O) groups is 2. The largest absolute Gasteiger partial charge is 0.444 e. The summed E-state index contributed by atoms with van der Waals surface area (Å²) in [5.41, 5.74) is -0.200. The lowest BCUT2D eigenvalue weighted by molar-refractivity contribution is 0.00456. The van der Waals surface area contributed by atoms with Gasteiger partial charge in [-0.05, 0) is 46.5 Å². The summed E-state index contributed by atoms with van der Waals surface area (Å²) >= 11 is 0. The standard InChI is InChI=1S/C18H27N3O4/c1-18(2,3)25-17(23)21-10-5-4-6-14(21)7-11-24-13-16(22)15-12-19-8-9-20-15/h8-9,12,14H,4-7,10-11,13H2,1-3H3/t14-/m0/s1. The molecule has 1 aliphatic rings. The van der Waals surface area contributed by atoms with Gasteiger partial charge in [-0.2, -0.15) is 0 Å². The maximum atomic E-state index is 12.3. The number of likely N-dealkylation sites (tertiary alicyclic amines) is 1. The molecule has 0 aliphatic carbocycles. The summed E-state index contributed by atoms with van der Waals surface area (Å²) in [6, 6.07) is 0.0928. The molecule has 0 bridgehead atoms. The van der Waals surface area contributed by atoms with Gasteiger partial charge in [-0.15, -0.1) is 0 Å². The zero-order valence-electron chi connectivity index (χ0n) is 15.2. The number of rotatable bonds is 6. The predicted molar refractivity (Wildman–Crippen MR) is 92.4 cm³/mol. The molecule has 25 heavy (non-hydrogen) atoms. The summed E-state index contributed by atoms with van der Waals surface area (Å²) in [6.07, 6.45) is 7.85. The number of ether oxygens (including phenoxy) is 2. The highest BCUT2D eigenvalue weighted by atomic mass is 16.6. The molecule has 138 valence electrons. The highest BCUT2D eigenvalue weighted by molar-refractivity contribution is 5.94. The molecule has 0 aromatic carbocycles. The Morgan fingerprint density at radius 2 is 2.08 bits per heavy atom. The maximum absolute atomic E-state index is 12.3. The van der Waals surface area contributed by atoms with Gasteiger partial charge in [0.25, 0.3) is 0 Å².